The molecule has 22 heavy (non-hydrogen) atoms. The summed E-state index contributed by atoms with van der Waals surface area (Å²) in [6.45, 7) is 5.91. The van der Waals surface area contributed by atoms with Crippen LogP contribution in [0.4, 0.5) is 13.2 Å². The van der Waals surface area contributed by atoms with E-state index in [1.807, 2.05) is 20.8 Å². The monoisotopic (exact) mass is 310 g/mol. The lowest BCUT2D eigenvalue weighted by Crippen LogP contribution is -2.11. The Kier molecular flexibility index (Phi) is 4.09. The molecular weight excluding hydrogens is 293 g/mol. The lowest BCUT2D eigenvalue weighted by atomic mass is 9.86. The molecule has 0 atom stereocenters. The second-order valence-electron chi connectivity index (χ2n) is 6.05. The minimum atomic E-state index is -4.37. The van der Waals surface area contributed by atoms with Crippen LogP contribution >= 0.6 is 0 Å². The van der Waals surface area contributed by atoms with Crippen molar-refractivity contribution in [2.24, 2.45) is 0 Å². The van der Waals surface area contributed by atoms with Crippen LogP contribution in [0.15, 0.2) is 42.5 Å². The molecule has 0 spiro atoms. The van der Waals surface area contributed by atoms with Gasteiger partial charge in [-0.15, -0.1) is 0 Å². The van der Waals surface area contributed by atoms with Crippen molar-refractivity contribution >= 4 is 0 Å². The zero-order valence-electron chi connectivity index (χ0n) is 12.5. The van der Waals surface area contributed by atoms with Crippen LogP contribution < -0.4 is 4.74 Å². The van der Waals surface area contributed by atoms with Gasteiger partial charge >= 0.3 is 6.18 Å². The molecule has 2 aromatic rings. The molecule has 1 N–H and O–H groups in total. The molecule has 0 radical (unpaired) electrons. The number of hydrogen-bond acceptors (Lipinski definition) is 2. The first-order valence-corrected chi connectivity index (χ1v) is 6.76. The molecule has 0 bridgehead atoms. The molecule has 0 amide bonds. The predicted octanol–water partition coefficient (Wildman–Crippen LogP) is 5.50. The van der Waals surface area contributed by atoms with Gasteiger partial charge in [-0.25, -0.2) is 0 Å². The molecule has 118 valence electrons. The molecule has 2 nitrogen and oxygen atoms in total. The van der Waals surface area contributed by atoms with Gasteiger partial charge in [-0.1, -0.05) is 26.8 Å². The summed E-state index contributed by atoms with van der Waals surface area (Å²) in [4.78, 5) is 0. The Morgan fingerprint density at radius 2 is 1.41 bits per heavy atom. The van der Waals surface area contributed by atoms with E-state index >= 15 is 0 Å². The lowest BCUT2D eigenvalue weighted by molar-refractivity contribution is -0.137. The minimum Gasteiger partial charge on any atom is -0.508 e. The number of aromatic hydroxyl groups is 1. The Morgan fingerprint density at radius 3 is 1.86 bits per heavy atom. The summed E-state index contributed by atoms with van der Waals surface area (Å²) in [5.41, 5.74) is -0.171. The van der Waals surface area contributed by atoms with Gasteiger partial charge in [-0.3, -0.25) is 0 Å². The topological polar surface area (TPSA) is 29.5 Å². The third-order valence-electron chi connectivity index (χ3n) is 3.19. The number of rotatable bonds is 2. The number of halogens is 3. The van der Waals surface area contributed by atoms with Crippen molar-refractivity contribution in [1.82, 2.24) is 0 Å². The zero-order valence-corrected chi connectivity index (χ0v) is 12.5. The maximum Gasteiger partial charge on any atom is 0.416 e. The fourth-order valence-corrected chi connectivity index (χ4v) is 2.06. The standard InChI is InChI=1S/C17H17F3O2/c1-16(2,3)14-9-8-13(10-15(14)21)22-12-6-4-11(5-7-12)17(18,19)20/h4-10,21H,1-3H3. The van der Waals surface area contributed by atoms with E-state index in [1.54, 1.807) is 12.1 Å². The van der Waals surface area contributed by atoms with E-state index in [1.165, 1.54) is 18.2 Å². The first-order valence-electron chi connectivity index (χ1n) is 6.76. The van der Waals surface area contributed by atoms with Crippen molar-refractivity contribution in [1.29, 1.82) is 0 Å². The van der Waals surface area contributed by atoms with Gasteiger partial charge in [-0.2, -0.15) is 13.2 Å². The van der Waals surface area contributed by atoms with Gasteiger partial charge in [0.25, 0.3) is 0 Å². The quantitative estimate of drug-likeness (QED) is 0.793. The Morgan fingerprint density at radius 1 is 0.864 bits per heavy atom. The first-order chi connectivity index (χ1) is 10.1. The average molecular weight is 310 g/mol. The SMILES string of the molecule is CC(C)(C)c1ccc(Oc2ccc(C(F)(F)F)cc2)cc1O. The maximum absolute atomic E-state index is 12.5. The van der Waals surface area contributed by atoms with Gasteiger partial charge in [0.2, 0.25) is 0 Å². The second kappa shape index (κ2) is 5.55. The summed E-state index contributed by atoms with van der Waals surface area (Å²) in [6.07, 6.45) is -4.37. The molecule has 2 aromatic carbocycles. The molecule has 0 aliphatic carbocycles. The van der Waals surface area contributed by atoms with Crippen molar-refractivity contribution < 1.29 is 23.0 Å². The van der Waals surface area contributed by atoms with E-state index in [-0.39, 0.29) is 16.9 Å². The molecule has 0 unspecified atom stereocenters. The normalized spacial score (nSPS) is 12.3. The molecule has 5 heteroatoms. The smallest absolute Gasteiger partial charge is 0.416 e. The van der Waals surface area contributed by atoms with Gasteiger partial charge in [0.05, 0.1) is 5.56 Å². The lowest BCUT2D eigenvalue weighted by Gasteiger charge is -2.20. The van der Waals surface area contributed by atoms with Crippen LogP contribution in [-0.2, 0) is 11.6 Å². The van der Waals surface area contributed by atoms with Crippen molar-refractivity contribution in [3.8, 4) is 17.2 Å². The average Bonchev–Trinajstić information content (AvgIpc) is 2.36. The summed E-state index contributed by atoms with van der Waals surface area (Å²) >= 11 is 0. The third kappa shape index (κ3) is 3.72. The molecular formula is C17H17F3O2. The molecule has 0 aliphatic heterocycles. The number of hydrogen-bond donors (Lipinski definition) is 1. The summed E-state index contributed by atoms with van der Waals surface area (Å²) in [5, 5.41) is 10.0. The summed E-state index contributed by atoms with van der Waals surface area (Å²) < 4.78 is 42.9. The maximum atomic E-state index is 12.5. The fourth-order valence-electron chi connectivity index (χ4n) is 2.06. The largest absolute Gasteiger partial charge is 0.508 e. The molecule has 0 fully saturated rings. The molecule has 0 saturated carbocycles. The van der Waals surface area contributed by atoms with E-state index < -0.39 is 11.7 Å². The number of phenols is 1. The van der Waals surface area contributed by atoms with Crippen LogP contribution in [0, 0.1) is 0 Å². The second-order valence-corrected chi connectivity index (χ2v) is 6.05. The van der Waals surface area contributed by atoms with E-state index in [9.17, 15) is 18.3 Å². The van der Waals surface area contributed by atoms with Gasteiger partial charge in [-0.05, 0) is 41.3 Å². The Labute approximate surface area is 127 Å². The van der Waals surface area contributed by atoms with Crippen molar-refractivity contribution in [2.75, 3.05) is 0 Å². The zero-order chi connectivity index (χ0) is 16.5. The highest BCUT2D eigenvalue weighted by Gasteiger charge is 2.30. The van der Waals surface area contributed by atoms with Gasteiger partial charge in [0.1, 0.15) is 17.2 Å². The van der Waals surface area contributed by atoms with Crippen molar-refractivity contribution in [2.45, 2.75) is 32.4 Å². The van der Waals surface area contributed by atoms with Crippen LogP contribution in [0.25, 0.3) is 0 Å². The number of ether oxygens (including phenoxy) is 1. The molecule has 2 rings (SSSR count). The molecule has 0 aliphatic rings. The third-order valence-corrected chi connectivity index (χ3v) is 3.19. The molecule has 0 saturated heterocycles. The Bertz CT molecular complexity index is 653. The number of phenolic OH excluding ortho intramolecular Hbond substituents is 1. The van der Waals surface area contributed by atoms with Crippen LogP contribution in [0.2, 0.25) is 0 Å². The van der Waals surface area contributed by atoms with E-state index in [0.29, 0.717) is 5.75 Å². The van der Waals surface area contributed by atoms with Crippen molar-refractivity contribution in [3.63, 3.8) is 0 Å². The van der Waals surface area contributed by atoms with Crippen LogP contribution in [0.3, 0.4) is 0 Å². The highest BCUT2D eigenvalue weighted by atomic mass is 19.4. The predicted molar refractivity (Wildman–Crippen MR) is 78.3 cm³/mol. The minimum absolute atomic E-state index is 0.0944. The number of alkyl halides is 3. The Balaban J connectivity index is 2.19. The van der Waals surface area contributed by atoms with Gasteiger partial charge < -0.3 is 9.84 Å². The molecule has 0 aromatic heterocycles. The highest BCUT2D eigenvalue weighted by molar-refractivity contribution is 5.44. The van der Waals surface area contributed by atoms with Crippen LogP contribution in [0.1, 0.15) is 31.9 Å². The summed E-state index contributed by atoms with van der Waals surface area (Å²) in [6, 6.07) is 9.29. The Hall–Kier alpha value is -2.17. The summed E-state index contributed by atoms with van der Waals surface area (Å²) in [7, 11) is 0. The van der Waals surface area contributed by atoms with Crippen molar-refractivity contribution in [3.05, 3.63) is 53.6 Å². The van der Waals surface area contributed by atoms with Crippen LogP contribution in [0.5, 0.6) is 17.2 Å². The fraction of sp³-hybridized carbons (Fsp3) is 0.294. The van der Waals surface area contributed by atoms with E-state index in [2.05, 4.69) is 0 Å². The highest BCUT2D eigenvalue weighted by Crippen LogP contribution is 2.35. The van der Waals surface area contributed by atoms with Gasteiger partial charge in [0.15, 0.2) is 0 Å². The van der Waals surface area contributed by atoms with E-state index in [0.717, 1.165) is 17.7 Å². The summed E-state index contributed by atoms with van der Waals surface area (Å²) in [5.74, 6) is 0.734. The van der Waals surface area contributed by atoms with Gasteiger partial charge in [0, 0.05) is 6.07 Å². The van der Waals surface area contributed by atoms with Crippen LogP contribution in [-0.4, -0.2) is 5.11 Å². The van der Waals surface area contributed by atoms with E-state index in [4.69, 9.17) is 4.74 Å². The number of benzene rings is 2. The molecule has 0 heterocycles. The first kappa shape index (κ1) is 16.2.